The van der Waals surface area contributed by atoms with Gasteiger partial charge in [-0.25, -0.2) is 4.79 Å². The van der Waals surface area contributed by atoms with Gasteiger partial charge in [-0.1, -0.05) is 0 Å². The van der Waals surface area contributed by atoms with Gasteiger partial charge in [0.05, 0.1) is 17.2 Å². The van der Waals surface area contributed by atoms with E-state index in [1.165, 1.54) is 6.92 Å². The fourth-order valence-corrected chi connectivity index (χ4v) is 1.16. The lowest BCUT2D eigenvalue weighted by atomic mass is 10.2. The number of aromatic amines is 1. The lowest BCUT2D eigenvalue weighted by molar-refractivity contribution is -0.385. The second kappa shape index (κ2) is 4.56. The Kier molecular flexibility index (Phi) is 3.39. The molecule has 0 atom stereocenters. The average molecular weight is 226 g/mol. The number of aryl methyl sites for hydroxylation is 1. The van der Waals surface area contributed by atoms with Crippen LogP contribution in [0.1, 0.15) is 23.0 Å². The van der Waals surface area contributed by atoms with Crippen molar-refractivity contribution in [2.75, 3.05) is 6.61 Å². The summed E-state index contributed by atoms with van der Waals surface area (Å²) < 4.78 is 4.60. The first-order valence-corrected chi connectivity index (χ1v) is 4.52. The number of pyridine rings is 1. The molecule has 7 heteroatoms. The van der Waals surface area contributed by atoms with Crippen LogP contribution in [0.2, 0.25) is 0 Å². The van der Waals surface area contributed by atoms with Gasteiger partial charge < -0.3 is 9.72 Å². The summed E-state index contributed by atoms with van der Waals surface area (Å²) in [5, 5.41) is 10.6. The van der Waals surface area contributed by atoms with Crippen molar-refractivity contribution in [3.05, 3.63) is 37.8 Å². The Morgan fingerprint density at radius 2 is 2.25 bits per heavy atom. The first kappa shape index (κ1) is 11.9. The molecule has 0 saturated carbocycles. The molecule has 0 bridgehead atoms. The van der Waals surface area contributed by atoms with E-state index in [0.717, 1.165) is 6.07 Å². The van der Waals surface area contributed by atoms with Crippen molar-refractivity contribution in [2.24, 2.45) is 0 Å². The fraction of sp³-hybridized carbons (Fsp3) is 0.333. The second-order valence-electron chi connectivity index (χ2n) is 3.00. The number of ether oxygens (including phenoxy) is 1. The number of nitrogens with one attached hydrogen (secondary N) is 1. The third-order valence-electron chi connectivity index (χ3n) is 1.90. The third-order valence-corrected chi connectivity index (χ3v) is 1.90. The molecule has 1 rings (SSSR count). The second-order valence-corrected chi connectivity index (χ2v) is 3.00. The first-order chi connectivity index (χ1) is 7.47. The topological polar surface area (TPSA) is 102 Å². The summed E-state index contributed by atoms with van der Waals surface area (Å²) >= 11 is 0. The summed E-state index contributed by atoms with van der Waals surface area (Å²) in [6, 6.07) is 0.923. The monoisotopic (exact) mass is 226 g/mol. The Morgan fingerprint density at radius 3 is 2.75 bits per heavy atom. The first-order valence-electron chi connectivity index (χ1n) is 4.52. The molecule has 16 heavy (non-hydrogen) atoms. The Morgan fingerprint density at radius 1 is 1.62 bits per heavy atom. The van der Waals surface area contributed by atoms with E-state index in [1.54, 1.807) is 6.92 Å². The van der Waals surface area contributed by atoms with Crippen molar-refractivity contribution in [1.82, 2.24) is 4.98 Å². The predicted octanol–water partition coefficient (Wildman–Crippen LogP) is 0.768. The van der Waals surface area contributed by atoms with Gasteiger partial charge in [0, 0.05) is 6.07 Å². The number of carbonyl (C=O) groups is 1. The zero-order valence-electron chi connectivity index (χ0n) is 8.77. The van der Waals surface area contributed by atoms with E-state index in [9.17, 15) is 19.7 Å². The van der Waals surface area contributed by atoms with Gasteiger partial charge in [-0.15, -0.1) is 0 Å². The minimum absolute atomic E-state index is 0.0972. The van der Waals surface area contributed by atoms with Gasteiger partial charge in [-0.2, -0.15) is 0 Å². The highest BCUT2D eigenvalue weighted by molar-refractivity contribution is 5.89. The molecular weight excluding hydrogens is 216 g/mol. The maximum atomic E-state index is 11.4. The van der Waals surface area contributed by atoms with Crippen LogP contribution >= 0.6 is 0 Å². The molecule has 1 aromatic heterocycles. The highest BCUT2D eigenvalue weighted by atomic mass is 16.6. The lowest BCUT2D eigenvalue weighted by Gasteiger charge is -2.02. The summed E-state index contributed by atoms with van der Waals surface area (Å²) in [7, 11) is 0. The number of nitro groups is 1. The van der Waals surface area contributed by atoms with Crippen molar-refractivity contribution >= 4 is 11.7 Å². The standard InChI is InChI=1S/C9H10N2O5/c1-3-16-9(13)6-4-7(11(14)15)5(2)10-8(6)12/h4H,3H2,1-2H3,(H,10,12). The van der Waals surface area contributed by atoms with E-state index in [0.29, 0.717) is 0 Å². The van der Waals surface area contributed by atoms with Gasteiger partial charge in [0.1, 0.15) is 5.56 Å². The summed E-state index contributed by atoms with van der Waals surface area (Å²) in [6.07, 6.45) is 0. The number of aromatic nitrogens is 1. The number of hydrogen-bond acceptors (Lipinski definition) is 5. The Labute approximate surface area is 90.2 Å². The molecule has 0 saturated heterocycles. The smallest absolute Gasteiger partial charge is 0.344 e. The molecule has 1 heterocycles. The van der Waals surface area contributed by atoms with E-state index >= 15 is 0 Å². The maximum absolute atomic E-state index is 11.4. The lowest BCUT2D eigenvalue weighted by Crippen LogP contribution is -2.21. The van der Waals surface area contributed by atoms with Gasteiger partial charge in [0.25, 0.3) is 11.2 Å². The van der Waals surface area contributed by atoms with E-state index in [2.05, 4.69) is 9.72 Å². The number of esters is 1. The Balaban J connectivity index is 3.30. The molecule has 0 spiro atoms. The van der Waals surface area contributed by atoms with E-state index in [1.807, 2.05) is 0 Å². The van der Waals surface area contributed by atoms with Crippen molar-refractivity contribution in [1.29, 1.82) is 0 Å². The summed E-state index contributed by atoms with van der Waals surface area (Å²) in [6.45, 7) is 3.06. The highest BCUT2D eigenvalue weighted by Gasteiger charge is 2.19. The predicted molar refractivity (Wildman–Crippen MR) is 54.4 cm³/mol. The zero-order chi connectivity index (χ0) is 12.3. The fourth-order valence-electron chi connectivity index (χ4n) is 1.16. The highest BCUT2D eigenvalue weighted by Crippen LogP contribution is 2.14. The molecule has 0 aromatic carbocycles. The molecule has 0 unspecified atom stereocenters. The largest absolute Gasteiger partial charge is 0.462 e. The molecule has 0 aliphatic rings. The van der Waals surface area contributed by atoms with Crippen LogP contribution in [-0.4, -0.2) is 22.5 Å². The molecule has 0 amide bonds. The SMILES string of the molecule is CCOC(=O)c1cc([N+](=O)[O-])c(C)[nH]c1=O. The molecule has 0 aliphatic heterocycles. The van der Waals surface area contributed by atoms with Crippen LogP contribution in [0.15, 0.2) is 10.9 Å². The molecule has 86 valence electrons. The van der Waals surface area contributed by atoms with Crippen LogP contribution in [0.4, 0.5) is 5.69 Å². The van der Waals surface area contributed by atoms with Crippen LogP contribution in [0.3, 0.4) is 0 Å². The molecular formula is C9H10N2O5. The molecule has 7 nitrogen and oxygen atoms in total. The van der Waals surface area contributed by atoms with E-state index in [-0.39, 0.29) is 23.6 Å². The minimum Gasteiger partial charge on any atom is -0.462 e. The van der Waals surface area contributed by atoms with Gasteiger partial charge in [-0.3, -0.25) is 14.9 Å². The number of nitrogens with zero attached hydrogens (tertiary/aromatic N) is 1. The van der Waals surface area contributed by atoms with Crippen molar-refractivity contribution in [3.8, 4) is 0 Å². The quantitative estimate of drug-likeness (QED) is 0.465. The minimum atomic E-state index is -0.869. The summed E-state index contributed by atoms with van der Waals surface area (Å²) in [5.41, 5.74) is -1.27. The molecule has 0 radical (unpaired) electrons. The number of hydrogen-bond donors (Lipinski definition) is 1. The van der Waals surface area contributed by atoms with Crippen molar-refractivity contribution in [2.45, 2.75) is 13.8 Å². The van der Waals surface area contributed by atoms with Gasteiger partial charge in [-0.05, 0) is 13.8 Å². The van der Waals surface area contributed by atoms with Crippen molar-refractivity contribution < 1.29 is 14.5 Å². The van der Waals surface area contributed by atoms with E-state index in [4.69, 9.17) is 0 Å². The number of rotatable bonds is 3. The van der Waals surface area contributed by atoms with Crippen LogP contribution in [0.25, 0.3) is 0 Å². The van der Waals surface area contributed by atoms with Crippen LogP contribution < -0.4 is 5.56 Å². The van der Waals surface area contributed by atoms with Crippen molar-refractivity contribution in [3.63, 3.8) is 0 Å². The maximum Gasteiger partial charge on any atom is 0.344 e. The number of H-pyrrole nitrogens is 1. The van der Waals surface area contributed by atoms with Gasteiger partial charge in [0.2, 0.25) is 0 Å². The Bertz CT molecular complexity index is 491. The van der Waals surface area contributed by atoms with Crippen LogP contribution in [0, 0.1) is 17.0 Å². The third kappa shape index (κ3) is 2.25. The molecule has 1 N–H and O–H groups in total. The molecule has 0 fully saturated rings. The van der Waals surface area contributed by atoms with E-state index < -0.39 is 16.5 Å². The Hall–Kier alpha value is -2.18. The van der Waals surface area contributed by atoms with Gasteiger partial charge >= 0.3 is 5.97 Å². The van der Waals surface area contributed by atoms with Gasteiger partial charge in [0.15, 0.2) is 0 Å². The zero-order valence-corrected chi connectivity index (χ0v) is 8.77. The van der Waals surface area contributed by atoms with Crippen LogP contribution in [-0.2, 0) is 4.74 Å². The summed E-state index contributed by atoms with van der Waals surface area (Å²) in [5.74, 6) is -0.869. The van der Waals surface area contributed by atoms with Crippen LogP contribution in [0.5, 0.6) is 0 Å². The summed E-state index contributed by atoms with van der Waals surface area (Å²) in [4.78, 5) is 34.8. The average Bonchev–Trinajstić information content (AvgIpc) is 2.17. The normalized spacial score (nSPS) is 9.88. The molecule has 0 aliphatic carbocycles. The number of carbonyl (C=O) groups excluding carboxylic acids is 1. The molecule has 1 aromatic rings.